The zero-order valence-corrected chi connectivity index (χ0v) is 22.3. The summed E-state index contributed by atoms with van der Waals surface area (Å²) in [6, 6.07) is -0.922. The first-order valence-corrected chi connectivity index (χ1v) is 13.8. The number of β-lactam (4-membered cyclic amide) rings is 1. The Bertz CT molecular complexity index is 1400. The fourth-order valence-corrected chi connectivity index (χ4v) is 7.03. The van der Waals surface area contributed by atoms with Gasteiger partial charge in [0.1, 0.15) is 29.1 Å². The van der Waals surface area contributed by atoms with E-state index in [1.165, 1.54) is 26.7 Å². The van der Waals surface area contributed by atoms with Gasteiger partial charge in [0, 0.05) is 23.4 Å². The predicted molar refractivity (Wildman–Crippen MR) is 140 cm³/mol. The molecule has 18 heteroatoms. The first-order valence-electron chi connectivity index (χ1n) is 10.9. The lowest BCUT2D eigenvalue weighted by atomic mass is 9.89. The molecule has 0 saturated carbocycles. The molecule has 4 rings (SSSR count). The monoisotopic (exact) mass is 589 g/mol. The van der Waals surface area contributed by atoms with Crippen molar-refractivity contribution in [2.75, 3.05) is 30.0 Å². The van der Waals surface area contributed by atoms with Crippen LogP contribution in [-0.2, 0) is 30.6 Å². The van der Waals surface area contributed by atoms with Crippen molar-refractivity contribution in [3.63, 3.8) is 0 Å². The number of nitrogens with one attached hydrogen (secondary N) is 2. The SMILES string of the molecule is C#CCON=C(C(=O)NC1C(=O)N2CC(CSc3nnnn3CC#C)(C(=O)O)CS[C@H]12)c1csc(NC=O)n1. The summed E-state index contributed by atoms with van der Waals surface area (Å²) in [5, 5.41) is 31.6. The summed E-state index contributed by atoms with van der Waals surface area (Å²) < 4.78 is 1.38. The highest BCUT2D eigenvalue weighted by Crippen LogP contribution is 2.44. The molecular formula is C21H19N9O6S3. The number of nitrogens with zero attached hydrogens (tertiary/aromatic N) is 7. The number of hydrogen-bond acceptors (Lipinski definition) is 13. The number of thioether (sulfide) groups is 2. The lowest BCUT2D eigenvalue weighted by Crippen LogP contribution is -2.74. The fraction of sp³-hybridized carbons (Fsp3) is 0.381. The number of aromatic nitrogens is 5. The Balaban J connectivity index is 1.43. The molecule has 15 nitrogen and oxygen atoms in total. The van der Waals surface area contributed by atoms with Crippen molar-refractivity contribution in [1.82, 2.24) is 35.4 Å². The molecule has 2 aromatic heterocycles. The van der Waals surface area contributed by atoms with Crippen molar-refractivity contribution in [2.24, 2.45) is 10.6 Å². The molecule has 2 saturated heterocycles. The summed E-state index contributed by atoms with van der Waals surface area (Å²) in [5.41, 5.74) is -1.41. The lowest BCUT2D eigenvalue weighted by molar-refractivity contribution is -0.157. The summed E-state index contributed by atoms with van der Waals surface area (Å²) in [4.78, 5) is 59.6. The molecule has 2 fully saturated rings. The van der Waals surface area contributed by atoms with Gasteiger partial charge in [0.05, 0.1) is 0 Å². The van der Waals surface area contributed by atoms with E-state index in [0.717, 1.165) is 23.1 Å². The summed E-state index contributed by atoms with van der Waals surface area (Å²) in [6.07, 6.45) is 10.9. The van der Waals surface area contributed by atoms with E-state index in [0.29, 0.717) is 11.6 Å². The third-order valence-electron chi connectivity index (χ3n) is 5.55. The highest BCUT2D eigenvalue weighted by molar-refractivity contribution is 8.00. The van der Waals surface area contributed by atoms with E-state index in [1.54, 1.807) is 0 Å². The van der Waals surface area contributed by atoms with Crippen LogP contribution in [-0.4, -0.2) is 101 Å². The Labute approximate surface area is 233 Å². The quantitative estimate of drug-likeness (QED) is 0.0518. The van der Waals surface area contributed by atoms with Gasteiger partial charge in [0.25, 0.3) is 5.91 Å². The topological polar surface area (TPSA) is 194 Å². The minimum absolute atomic E-state index is 0.0616. The smallest absolute Gasteiger partial charge is 0.313 e. The Morgan fingerprint density at radius 1 is 1.41 bits per heavy atom. The van der Waals surface area contributed by atoms with Gasteiger partial charge in [-0.2, -0.15) is 0 Å². The first kappa shape index (κ1) is 27.9. The predicted octanol–water partition coefficient (Wildman–Crippen LogP) is -1.05. The molecular weight excluding hydrogens is 570 g/mol. The van der Waals surface area contributed by atoms with Gasteiger partial charge < -0.3 is 25.5 Å². The van der Waals surface area contributed by atoms with E-state index in [2.05, 4.69) is 48.1 Å². The first-order chi connectivity index (χ1) is 18.8. The number of terminal acetylenes is 2. The van der Waals surface area contributed by atoms with Crippen molar-refractivity contribution in [3.8, 4) is 24.7 Å². The van der Waals surface area contributed by atoms with Gasteiger partial charge >= 0.3 is 5.97 Å². The van der Waals surface area contributed by atoms with E-state index < -0.39 is 34.6 Å². The molecule has 0 aromatic carbocycles. The molecule has 0 radical (unpaired) electrons. The summed E-state index contributed by atoms with van der Waals surface area (Å²) in [6.45, 7) is -0.138. The minimum atomic E-state index is -1.28. The molecule has 2 aromatic rings. The van der Waals surface area contributed by atoms with Crippen LogP contribution in [0.5, 0.6) is 0 Å². The van der Waals surface area contributed by atoms with Crippen LogP contribution in [0.3, 0.4) is 0 Å². The van der Waals surface area contributed by atoms with Crippen LogP contribution < -0.4 is 10.6 Å². The van der Waals surface area contributed by atoms with Gasteiger partial charge in [0.2, 0.25) is 17.5 Å². The number of fused-ring (bicyclic) bond motifs is 1. The molecule has 0 aliphatic carbocycles. The summed E-state index contributed by atoms with van der Waals surface area (Å²) in [7, 11) is 0. The second-order valence-electron chi connectivity index (χ2n) is 8.03. The molecule has 202 valence electrons. The molecule has 3 amide bonds. The molecule has 3 atom stereocenters. The number of tetrazole rings is 1. The third kappa shape index (κ3) is 5.82. The second kappa shape index (κ2) is 12.2. The van der Waals surface area contributed by atoms with Crippen LogP contribution in [0.2, 0.25) is 0 Å². The number of carboxylic acids is 1. The van der Waals surface area contributed by atoms with Crippen molar-refractivity contribution in [2.45, 2.75) is 23.1 Å². The van der Waals surface area contributed by atoms with E-state index >= 15 is 0 Å². The lowest BCUT2D eigenvalue weighted by Gasteiger charge is -2.53. The van der Waals surface area contributed by atoms with Crippen LogP contribution >= 0.6 is 34.9 Å². The Morgan fingerprint density at radius 3 is 2.95 bits per heavy atom. The Morgan fingerprint density at radius 2 is 2.23 bits per heavy atom. The van der Waals surface area contributed by atoms with Crippen LogP contribution in [0.4, 0.5) is 5.13 Å². The number of carbonyl (C=O) groups is 4. The second-order valence-corrected chi connectivity index (χ2v) is 10.9. The summed E-state index contributed by atoms with van der Waals surface area (Å²) >= 11 is 3.43. The maximum absolute atomic E-state index is 13.1. The minimum Gasteiger partial charge on any atom is -0.481 e. The van der Waals surface area contributed by atoms with Crippen molar-refractivity contribution in [3.05, 3.63) is 11.1 Å². The largest absolute Gasteiger partial charge is 0.481 e. The molecule has 39 heavy (non-hydrogen) atoms. The number of amides is 3. The Kier molecular flexibility index (Phi) is 8.69. The number of carbonyl (C=O) groups excluding carboxylic acids is 3. The normalized spacial score (nSPS) is 22.1. The maximum Gasteiger partial charge on any atom is 0.313 e. The third-order valence-corrected chi connectivity index (χ3v) is 9.16. The van der Waals surface area contributed by atoms with Crippen molar-refractivity contribution < 1.29 is 29.1 Å². The number of carboxylic acid groups (broad SMARTS) is 1. The number of anilines is 1. The van der Waals surface area contributed by atoms with Crippen molar-refractivity contribution >= 4 is 69.9 Å². The van der Waals surface area contributed by atoms with Crippen LogP contribution in [0.1, 0.15) is 5.69 Å². The average molecular weight is 590 g/mol. The molecule has 0 bridgehead atoms. The number of hydrogen-bond donors (Lipinski definition) is 3. The van der Waals surface area contributed by atoms with E-state index in [9.17, 15) is 24.3 Å². The van der Waals surface area contributed by atoms with E-state index in [1.807, 2.05) is 0 Å². The molecule has 0 spiro atoms. The number of oxime groups is 1. The highest BCUT2D eigenvalue weighted by Gasteiger charge is 2.57. The number of aliphatic carboxylic acids is 1. The zero-order valence-electron chi connectivity index (χ0n) is 19.8. The number of thiazole rings is 1. The molecule has 2 unspecified atom stereocenters. The van der Waals surface area contributed by atoms with Crippen LogP contribution in [0, 0.1) is 30.1 Å². The zero-order chi connectivity index (χ0) is 28.0. The van der Waals surface area contributed by atoms with E-state index in [-0.39, 0.29) is 47.7 Å². The number of rotatable bonds is 12. The molecule has 4 heterocycles. The standard InChI is InChI=1S/C21H19N9O6S3/c1-3-5-30-20(25-27-28-30)39-10-21(18(34)35)8-29-16(33)14(17(29)38-9-21)24-15(32)13(26-36-6-4-2)12-7-37-19(23-12)22-11-31/h1-2,7,11,14,17H,5-6,8-10H2,(H,24,32)(H,34,35)(H,22,23,31)/t14?,17-,21?/m1/s1. The average Bonchev–Trinajstić information content (AvgIpc) is 3.58. The van der Waals surface area contributed by atoms with Gasteiger partial charge in [-0.05, 0) is 10.4 Å². The fourth-order valence-electron chi connectivity index (χ4n) is 3.64. The van der Waals surface area contributed by atoms with Gasteiger partial charge in [-0.3, -0.25) is 19.2 Å². The molecule has 2 aliphatic rings. The van der Waals surface area contributed by atoms with Crippen molar-refractivity contribution in [1.29, 1.82) is 0 Å². The summed E-state index contributed by atoms with van der Waals surface area (Å²) in [5.74, 6) is 2.64. The van der Waals surface area contributed by atoms with Crippen LogP contribution in [0.15, 0.2) is 15.7 Å². The van der Waals surface area contributed by atoms with Gasteiger partial charge in [0.15, 0.2) is 17.5 Å². The van der Waals surface area contributed by atoms with Gasteiger partial charge in [-0.15, -0.1) is 41.0 Å². The van der Waals surface area contributed by atoms with Gasteiger partial charge in [-0.25, -0.2) is 9.67 Å². The maximum atomic E-state index is 13.1. The molecule has 2 aliphatic heterocycles. The van der Waals surface area contributed by atoms with Crippen LogP contribution in [0.25, 0.3) is 0 Å². The van der Waals surface area contributed by atoms with E-state index in [4.69, 9.17) is 17.7 Å². The highest BCUT2D eigenvalue weighted by atomic mass is 32.2. The van der Waals surface area contributed by atoms with Gasteiger partial charge in [-0.1, -0.05) is 28.8 Å². The Hall–Kier alpha value is -4.13. The molecule has 3 N–H and O–H groups in total.